The first-order valence-corrected chi connectivity index (χ1v) is 11.5. The highest BCUT2D eigenvalue weighted by Gasteiger charge is 2.47. The van der Waals surface area contributed by atoms with Crippen LogP contribution in [0.15, 0.2) is 30.5 Å². The van der Waals surface area contributed by atoms with Crippen LogP contribution in [-0.4, -0.2) is 30.9 Å². The Morgan fingerprint density at radius 3 is 2.13 bits per heavy atom. The van der Waals surface area contributed by atoms with Crippen molar-refractivity contribution < 1.29 is 14.3 Å². The highest BCUT2D eigenvalue weighted by Crippen LogP contribution is 2.44. The predicted octanol–water partition coefficient (Wildman–Crippen LogP) is 4.27. The molecule has 0 aromatic rings. The van der Waals surface area contributed by atoms with E-state index in [4.69, 9.17) is 16.2 Å². The van der Waals surface area contributed by atoms with E-state index in [1.54, 1.807) is 6.08 Å². The lowest BCUT2D eigenvalue weighted by molar-refractivity contribution is -0.135. The predicted molar refractivity (Wildman–Crippen MR) is 127 cm³/mol. The van der Waals surface area contributed by atoms with Crippen LogP contribution < -0.4 is 11.5 Å². The Morgan fingerprint density at radius 2 is 1.71 bits per heavy atom. The summed E-state index contributed by atoms with van der Waals surface area (Å²) in [4.78, 5) is 27.1. The molecule has 5 nitrogen and oxygen atoms in total. The molecule has 0 aromatic heterocycles. The van der Waals surface area contributed by atoms with Crippen LogP contribution in [0.2, 0.25) is 0 Å². The highest BCUT2D eigenvalue weighted by molar-refractivity contribution is 5.94. The van der Waals surface area contributed by atoms with Gasteiger partial charge in [0, 0.05) is 29.2 Å². The molecule has 0 aromatic carbocycles. The van der Waals surface area contributed by atoms with Gasteiger partial charge in [-0.15, -0.1) is 12.3 Å². The Morgan fingerprint density at radius 1 is 1.16 bits per heavy atom. The Hall–Kier alpha value is -1.52. The van der Waals surface area contributed by atoms with Crippen LogP contribution in [-0.2, 0) is 14.3 Å². The van der Waals surface area contributed by atoms with Gasteiger partial charge in [-0.05, 0) is 36.5 Å². The first-order chi connectivity index (χ1) is 14.4. The second-order valence-corrected chi connectivity index (χ2v) is 10.5. The molecule has 6 atom stereocenters. The van der Waals surface area contributed by atoms with Gasteiger partial charge in [-0.25, -0.2) is 0 Å². The van der Waals surface area contributed by atoms with Gasteiger partial charge in [0.2, 0.25) is 0 Å². The van der Waals surface area contributed by atoms with Crippen molar-refractivity contribution in [2.45, 2.75) is 66.8 Å². The van der Waals surface area contributed by atoms with Gasteiger partial charge in [0.25, 0.3) is 0 Å². The molecule has 5 heteroatoms. The van der Waals surface area contributed by atoms with E-state index in [-0.39, 0.29) is 54.0 Å². The highest BCUT2D eigenvalue weighted by atomic mass is 16.5. The third-order valence-corrected chi connectivity index (χ3v) is 7.04. The van der Waals surface area contributed by atoms with Crippen LogP contribution in [0.3, 0.4) is 0 Å². The van der Waals surface area contributed by atoms with Crippen LogP contribution in [0.1, 0.15) is 60.8 Å². The number of Topliss-reactive ketones (excluding diaryl/α,β-unsaturated/α-hetero) is 2. The lowest BCUT2D eigenvalue weighted by Gasteiger charge is -2.31. The van der Waals surface area contributed by atoms with Crippen LogP contribution in [0.25, 0.3) is 0 Å². The molecule has 176 valence electrons. The van der Waals surface area contributed by atoms with Crippen LogP contribution in [0, 0.1) is 40.9 Å². The zero-order chi connectivity index (χ0) is 23.9. The number of carbonyl (C=O) groups is 2. The van der Waals surface area contributed by atoms with Gasteiger partial charge in [-0.2, -0.15) is 0 Å². The van der Waals surface area contributed by atoms with Gasteiger partial charge in [0.1, 0.15) is 5.78 Å². The smallest absolute Gasteiger partial charge is 0.153 e. The van der Waals surface area contributed by atoms with Gasteiger partial charge < -0.3 is 16.2 Å². The average Bonchev–Trinajstić information content (AvgIpc) is 3.16. The summed E-state index contributed by atoms with van der Waals surface area (Å²) in [5.74, 6) is -0.160. The monoisotopic (exact) mass is 432 g/mol. The van der Waals surface area contributed by atoms with Gasteiger partial charge in [0.05, 0.1) is 19.4 Å². The molecule has 1 aliphatic carbocycles. The Kier molecular flexibility index (Phi) is 10.6. The summed E-state index contributed by atoms with van der Waals surface area (Å²) >= 11 is 0. The van der Waals surface area contributed by atoms with Gasteiger partial charge >= 0.3 is 0 Å². The van der Waals surface area contributed by atoms with Crippen molar-refractivity contribution in [3.8, 4) is 0 Å². The molecule has 4 N–H and O–H groups in total. The summed E-state index contributed by atoms with van der Waals surface area (Å²) < 4.78 is 5.37. The Balaban J connectivity index is 3.22. The van der Waals surface area contributed by atoms with Gasteiger partial charge in [-0.3, -0.25) is 9.59 Å². The quantitative estimate of drug-likeness (QED) is 0.273. The van der Waals surface area contributed by atoms with E-state index in [1.807, 2.05) is 27.7 Å². The van der Waals surface area contributed by atoms with E-state index in [9.17, 15) is 9.59 Å². The van der Waals surface area contributed by atoms with E-state index < -0.39 is 6.04 Å². The number of hydrogen-bond acceptors (Lipinski definition) is 5. The molecule has 0 bridgehead atoms. The van der Waals surface area contributed by atoms with Crippen molar-refractivity contribution >= 4 is 11.6 Å². The minimum absolute atomic E-state index is 0.0208. The summed E-state index contributed by atoms with van der Waals surface area (Å²) in [6, 6.07) is -0.584. The standard InChI is InChI=1S/C26H44N2O3/c1-9-11-20(18(10-2)14-31-15-27)17(5)23(29)21-12-19(16(3)4)13-22(21)24(30)25(28)26(6,7)8/h9,16-17,19-22,25H,1-2,11-15,27-28H2,3-8H3/t17?,19-,20?,21?,22?,25?/m1/s1. The minimum Gasteiger partial charge on any atom is -0.362 e. The molecule has 5 unspecified atom stereocenters. The molecule has 31 heavy (non-hydrogen) atoms. The minimum atomic E-state index is -0.584. The van der Waals surface area contributed by atoms with Crippen molar-refractivity contribution in [2.75, 3.05) is 13.3 Å². The van der Waals surface area contributed by atoms with E-state index in [0.717, 1.165) is 18.4 Å². The van der Waals surface area contributed by atoms with E-state index in [2.05, 4.69) is 32.7 Å². The van der Waals surface area contributed by atoms with E-state index >= 15 is 0 Å². The maximum Gasteiger partial charge on any atom is 0.153 e. The van der Waals surface area contributed by atoms with Crippen LogP contribution in [0.4, 0.5) is 0 Å². The fourth-order valence-corrected chi connectivity index (χ4v) is 4.73. The fourth-order valence-electron chi connectivity index (χ4n) is 4.73. The normalized spacial score (nSPS) is 24.4. The lowest BCUT2D eigenvalue weighted by Crippen LogP contribution is -2.47. The lowest BCUT2D eigenvalue weighted by atomic mass is 9.73. The number of hydrogen-bond donors (Lipinski definition) is 2. The molecule has 0 radical (unpaired) electrons. The second kappa shape index (κ2) is 11.9. The van der Waals surface area contributed by atoms with Gasteiger partial charge in [0.15, 0.2) is 5.78 Å². The number of rotatable bonds is 12. The summed E-state index contributed by atoms with van der Waals surface area (Å²) in [7, 11) is 0. The zero-order valence-electron chi connectivity index (χ0n) is 20.4. The van der Waals surface area contributed by atoms with Crippen LogP contribution in [0.5, 0.6) is 0 Å². The summed E-state index contributed by atoms with van der Waals surface area (Å²) in [6.45, 7) is 20.2. The van der Waals surface area contributed by atoms with Crippen molar-refractivity contribution in [1.29, 1.82) is 0 Å². The van der Waals surface area contributed by atoms with E-state index in [0.29, 0.717) is 18.3 Å². The zero-order valence-corrected chi connectivity index (χ0v) is 20.4. The number of carbonyl (C=O) groups excluding carboxylic acids is 2. The van der Waals surface area contributed by atoms with Crippen molar-refractivity contribution in [1.82, 2.24) is 0 Å². The molecular weight excluding hydrogens is 388 g/mol. The molecule has 0 aliphatic heterocycles. The molecule has 1 saturated carbocycles. The number of ether oxygens (including phenoxy) is 1. The third-order valence-electron chi connectivity index (χ3n) is 7.04. The molecule has 0 amide bonds. The largest absolute Gasteiger partial charge is 0.362 e. The molecule has 0 spiro atoms. The number of nitrogens with two attached hydrogens (primary N) is 2. The fraction of sp³-hybridized carbons (Fsp3) is 0.731. The number of allylic oxidation sites excluding steroid dienone is 1. The average molecular weight is 433 g/mol. The van der Waals surface area contributed by atoms with Crippen molar-refractivity contribution in [2.24, 2.45) is 52.4 Å². The number of ketones is 2. The SMILES string of the molecule is C=C=C(COCN)C(CC=C)C(C)C(=O)C1C[C@@H](C(C)C)CC1C(=O)C(N)C(C)(C)C. The third kappa shape index (κ3) is 6.98. The molecule has 0 heterocycles. The topological polar surface area (TPSA) is 95.4 Å². The first-order valence-electron chi connectivity index (χ1n) is 11.5. The molecular formula is C26H44N2O3. The molecule has 1 fully saturated rings. The Bertz CT molecular complexity index is 685. The summed E-state index contributed by atoms with van der Waals surface area (Å²) in [6.07, 6.45) is 3.88. The molecule has 0 saturated heterocycles. The molecule has 1 rings (SSSR count). The van der Waals surface area contributed by atoms with Crippen molar-refractivity contribution in [3.05, 3.63) is 30.5 Å². The summed E-state index contributed by atoms with van der Waals surface area (Å²) in [5, 5.41) is 0. The molecule has 1 aliphatic rings. The van der Waals surface area contributed by atoms with E-state index in [1.165, 1.54) is 0 Å². The maximum absolute atomic E-state index is 13.8. The van der Waals surface area contributed by atoms with Gasteiger partial charge in [-0.1, -0.05) is 54.2 Å². The van der Waals surface area contributed by atoms with Crippen molar-refractivity contribution in [3.63, 3.8) is 0 Å². The van der Waals surface area contributed by atoms with Crippen LogP contribution >= 0.6 is 0 Å². The summed E-state index contributed by atoms with van der Waals surface area (Å²) in [5.41, 5.74) is 15.2. The first kappa shape index (κ1) is 27.5. The maximum atomic E-state index is 13.8. The second-order valence-electron chi connectivity index (χ2n) is 10.5. The Labute approximate surface area is 189 Å².